The lowest BCUT2D eigenvalue weighted by molar-refractivity contribution is 0.309. The molecule has 2 nitrogen and oxygen atoms in total. The Morgan fingerprint density at radius 3 is 2.24 bits per heavy atom. The van der Waals surface area contributed by atoms with Crippen LogP contribution in [0.5, 0.6) is 5.75 Å². The third-order valence-corrected chi connectivity index (χ3v) is 3.32. The van der Waals surface area contributed by atoms with Gasteiger partial charge in [0.05, 0.1) is 12.6 Å². The quantitative estimate of drug-likeness (QED) is 0.810. The van der Waals surface area contributed by atoms with E-state index in [1.165, 1.54) is 18.2 Å². The molecule has 0 bridgehead atoms. The first-order valence-electron chi connectivity index (χ1n) is 7.05. The van der Waals surface area contributed by atoms with E-state index >= 15 is 0 Å². The van der Waals surface area contributed by atoms with Crippen molar-refractivity contribution in [3.05, 3.63) is 65.2 Å². The van der Waals surface area contributed by atoms with E-state index in [0.29, 0.717) is 12.2 Å². The zero-order valence-electron chi connectivity index (χ0n) is 12.0. The fourth-order valence-electron chi connectivity index (χ4n) is 2.08. The van der Waals surface area contributed by atoms with Gasteiger partial charge in [-0.25, -0.2) is 8.78 Å². The SMILES string of the molecule is CCCCOc1ccc(C(N)c2c(F)cccc2F)cc1. The maximum atomic E-state index is 13.7. The van der Waals surface area contributed by atoms with E-state index in [1.807, 2.05) is 0 Å². The highest BCUT2D eigenvalue weighted by molar-refractivity contribution is 5.36. The van der Waals surface area contributed by atoms with Gasteiger partial charge in [-0.05, 0) is 36.2 Å². The first kappa shape index (κ1) is 15.4. The van der Waals surface area contributed by atoms with Crippen LogP contribution in [-0.2, 0) is 0 Å². The lowest BCUT2D eigenvalue weighted by Gasteiger charge is -2.15. The molecule has 2 N–H and O–H groups in total. The van der Waals surface area contributed by atoms with E-state index in [4.69, 9.17) is 10.5 Å². The predicted octanol–water partition coefficient (Wildman–Crippen LogP) is 4.19. The zero-order valence-corrected chi connectivity index (χ0v) is 12.0. The van der Waals surface area contributed by atoms with Crippen LogP contribution in [0.15, 0.2) is 42.5 Å². The van der Waals surface area contributed by atoms with Crippen LogP contribution in [0.1, 0.15) is 36.9 Å². The molecule has 0 aliphatic carbocycles. The van der Waals surface area contributed by atoms with Crippen molar-refractivity contribution in [1.82, 2.24) is 0 Å². The lowest BCUT2D eigenvalue weighted by atomic mass is 9.98. The van der Waals surface area contributed by atoms with Gasteiger partial charge in [-0.2, -0.15) is 0 Å². The summed E-state index contributed by atoms with van der Waals surface area (Å²) in [7, 11) is 0. The van der Waals surface area contributed by atoms with E-state index in [9.17, 15) is 8.78 Å². The van der Waals surface area contributed by atoms with Crippen molar-refractivity contribution in [2.45, 2.75) is 25.8 Å². The number of hydrogen-bond acceptors (Lipinski definition) is 2. The Hall–Kier alpha value is -1.94. The van der Waals surface area contributed by atoms with Gasteiger partial charge in [0, 0.05) is 5.56 Å². The Morgan fingerprint density at radius 2 is 1.67 bits per heavy atom. The molecule has 4 heteroatoms. The molecule has 2 aromatic rings. The van der Waals surface area contributed by atoms with Crippen LogP contribution >= 0.6 is 0 Å². The highest BCUT2D eigenvalue weighted by Gasteiger charge is 2.18. The fraction of sp³-hybridized carbons (Fsp3) is 0.294. The maximum absolute atomic E-state index is 13.7. The van der Waals surface area contributed by atoms with Crippen LogP contribution in [0.3, 0.4) is 0 Å². The summed E-state index contributed by atoms with van der Waals surface area (Å²) in [5, 5.41) is 0. The van der Waals surface area contributed by atoms with Crippen LogP contribution in [0, 0.1) is 11.6 Å². The van der Waals surface area contributed by atoms with Crippen LogP contribution in [0.4, 0.5) is 8.78 Å². The molecule has 0 aliphatic heterocycles. The minimum atomic E-state index is -0.837. The molecule has 21 heavy (non-hydrogen) atoms. The molecule has 0 spiro atoms. The molecular formula is C17H19F2NO. The highest BCUT2D eigenvalue weighted by atomic mass is 19.1. The molecule has 0 heterocycles. The maximum Gasteiger partial charge on any atom is 0.131 e. The predicted molar refractivity (Wildman–Crippen MR) is 79.2 cm³/mol. The Kier molecular flexibility index (Phi) is 5.28. The first-order chi connectivity index (χ1) is 10.1. The molecule has 0 aromatic heterocycles. The van der Waals surface area contributed by atoms with Crippen molar-refractivity contribution in [2.75, 3.05) is 6.61 Å². The third kappa shape index (κ3) is 3.79. The normalized spacial score (nSPS) is 12.2. The van der Waals surface area contributed by atoms with Crippen LogP contribution in [0.25, 0.3) is 0 Å². The molecule has 0 saturated carbocycles. The summed E-state index contributed by atoms with van der Waals surface area (Å²) >= 11 is 0. The highest BCUT2D eigenvalue weighted by Crippen LogP contribution is 2.26. The van der Waals surface area contributed by atoms with Gasteiger partial charge in [-0.15, -0.1) is 0 Å². The second-order valence-electron chi connectivity index (χ2n) is 4.88. The molecule has 1 atom stereocenters. The molecule has 0 radical (unpaired) electrons. The van der Waals surface area contributed by atoms with Crippen molar-refractivity contribution in [1.29, 1.82) is 0 Å². The monoisotopic (exact) mass is 291 g/mol. The summed E-state index contributed by atoms with van der Waals surface area (Å²) in [4.78, 5) is 0. The van der Waals surface area contributed by atoms with Gasteiger partial charge in [-0.3, -0.25) is 0 Å². The number of nitrogens with two attached hydrogens (primary N) is 1. The largest absolute Gasteiger partial charge is 0.494 e. The van der Waals surface area contributed by atoms with Crippen molar-refractivity contribution in [2.24, 2.45) is 5.73 Å². The number of hydrogen-bond donors (Lipinski definition) is 1. The standard InChI is InChI=1S/C17H19F2NO/c1-2-3-11-21-13-9-7-12(8-10-13)17(20)16-14(18)5-4-6-15(16)19/h4-10,17H,2-3,11,20H2,1H3. The van der Waals surface area contributed by atoms with E-state index in [0.717, 1.165) is 18.6 Å². The van der Waals surface area contributed by atoms with Crippen LogP contribution in [0.2, 0.25) is 0 Å². The molecular weight excluding hydrogens is 272 g/mol. The van der Waals surface area contributed by atoms with Crippen molar-refractivity contribution in [3.8, 4) is 5.75 Å². The van der Waals surface area contributed by atoms with Crippen LogP contribution < -0.4 is 10.5 Å². The zero-order chi connectivity index (χ0) is 15.2. The molecule has 112 valence electrons. The number of ether oxygens (including phenoxy) is 1. The van der Waals surface area contributed by atoms with Gasteiger partial charge < -0.3 is 10.5 Å². The van der Waals surface area contributed by atoms with Gasteiger partial charge in [0.15, 0.2) is 0 Å². The number of benzene rings is 2. The summed E-state index contributed by atoms with van der Waals surface area (Å²) in [5.74, 6) is -0.537. The Bertz CT molecular complexity index is 564. The van der Waals surface area contributed by atoms with E-state index < -0.39 is 17.7 Å². The molecule has 0 fully saturated rings. The summed E-state index contributed by atoms with van der Waals surface area (Å²) < 4.78 is 33.0. The van der Waals surface area contributed by atoms with Crippen molar-refractivity contribution in [3.63, 3.8) is 0 Å². The number of halogens is 2. The van der Waals surface area contributed by atoms with Gasteiger partial charge in [0.25, 0.3) is 0 Å². The Balaban J connectivity index is 2.14. The molecule has 0 aliphatic rings. The van der Waals surface area contributed by atoms with E-state index in [1.54, 1.807) is 24.3 Å². The molecule has 1 unspecified atom stereocenters. The van der Waals surface area contributed by atoms with E-state index in [2.05, 4.69) is 6.92 Å². The number of unbranched alkanes of at least 4 members (excludes halogenated alkanes) is 1. The van der Waals surface area contributed by atoms with Crippen molar-refractivity contribution >= 4 is 0 Å². The molecule has 2 rings (SSSR count). The van der Waals surface area contributed by atoms with Crippen molar-refractivity contribution < 1.29 is 13.5 Å². The average Bonchev–Trinajstić information content (AvgIpc) is 2.48. The Morgan fingerprint density at radius 1 is 1.05 bits per heavy atom. The van der Waals surface area contributed by atoms with E-state index in [-0.39, 0.29) is 5.56 Å². The number of rotatable bonds is 6. The molecule has 2 aromatic carbocycles. The molecule has 0 amide bonds. The first-order valence-corrected chi connectivity index (χ1v) is 7.05. The second kappa shape index (κ2) is 7.18. The van der Waals surface area contributed by atoms with Gasteiger partial charge in [0.1, 0.15) is 17.4 Å². The summed E-state index contributed by atoms with van der Waals surface area (Å²) in [6.45, 7) is 2.75. The van der Waals surface area contributed by atoms with Gasteiger partial charge in [-0.1, -0.05) is 31.5 Å². The summed E-state index contributed by atoms with van der Waals surface area (Å²) in [6.07, 6.45) is 2.05. The van der Waals surface area contributed by atoms with Gasteiger partial charge in [0.2, 0.25) is 0 Å². The molecule has 0 saturated heterocycles. The Labute approximate surface area is 123 Å². The smallest absolute Gasteiger partial charge is 0.131 e. The topological polar surface area (TPSA) is 35.2 Å². The summed E-state index contributed by atoms with van der Waals surface area (Å²) in [5.41, 5.74) is 6.50. The lowest BCUT2D eigenvalue weighted by Crippen LogP contribution is -2.15. The fourth-order valence-corrected chi connectivity index (χ4v) is 2.08. The van der Waals surface area contributed by atoms with Gasteiger partial charge >= 0.3 is 0 Å². The average molecular weight is 291 g/mol. The minimum Gasteiger partial charge on any atom is -0.494 e. The second-order valence-corrected chi connectivity index (χ2v) is 4.88. The van der Waals surface area contributed by atoms with Crippen LogP contribution in [-0.4, -0.2) is 6.61 Å². The summed E-state index contributed by atoms with van der Waals surface area (Å²) in [6, 6.07) is 9.91. The minimum absolute atomic E-state index is 0.114. The third-order valence-electron chi connectivity index (χ3n) is 3.32.